The highest BCUT2D eigenvalue weighted by Crippen LogP contribution is 2.33. The third-order valence-electron chi connectivity index (χ3n) is 4.43. The molecule has 0 amide bonds. The van der Waals surface area contributed by atoms with Gasteiger partial charge in [-0.15, -0.1) is 0 Å². The van der Waals surface area contributed by atoms with E-state index in [1.165, 1.54) is 5.69 Å². The molecule has 1 atom stereocenters. The number of hydrogen-bond donors (Lipinski definition) is 1. The van der Waals surface area contributed by atoms with Crippen molar-refractivity contribution in [2.24, 2.45) is 0 Å². The highest BCUT2D eigenvalue weighted by Gasteiger charge is 2.31. The predicted molar refractivity (Wildman–Crippen MR) is 87.9 cm³/mol. The average Bonchev–Trinajstić information content (AvgIpc) is 3.11. The summed E-state index contributed by atoms with van der Waals surface area (Å²) in [4.78, 5) is 17.0. The van der Waals surface area contributed by atoms with Crippen LogP contribution in [0.25, 0.3) is 10.8 Å². The van der Waals surface area contributed by atoms with Crippen LogP contribution in [-0.4, -0.2) is 21.2 Å². The molecule has 3 aromatic rings. The van der Waals surface area contributed by atoms with E-state index in [-0.39, 0.29) is 11.6 Å². The zero-order valence-corrected chi connectivity index (χ0v) is 13.1. The molecule has 1 unspecified atom stereocenters. The van der Waals surface area contributed by atoms with Crippen molar-refractivity contribution in [1.82, 2.24) is 14.1 Å². The fourth-order valence-electron chi connectivity index (χ4n) is 3.15. The molecule has 5 rings (SSSR count). The molecular weight excluding hydrogens is 300 g/mol. The maximum Gasteiger partial charge on any atom is 0.258 e. The highest BCUT2D eigenvalue weighted by molar-refractivity contribution is 6.34. The number of rotatable bonds is 3. The summed E-state index contributed by atoms with van der Waals surface area (Å²) >= 11 is 6.20. The van der Waals surface area contributed by atoms with Gasteiger partial charge in [0.1, 0.15) is 0 Å². The number of anilines is 1. The van der Waals surface area contributed by atoms with E-state index in [2.05, 4.69) is 14.9 Å². The summed E-state index contributed by atoms with van der Waals surface area (Å²) in [5.74, 6) is 0. The smallest absolute Gasteiger partial charge is 0.258 e. The summed E-state index contributed by atoms with van der Waals surface area (Å²) in [6, 6.07) is 5.77. The molecule has 22 heavy (non-hydrogen) atoms. The maximum atomic E-state index is 12.7. The Morgan fingerprint density at radius 1 is 1.41 bits per heavy atom. The number of nitrogens with zero attached hydrogens (tertiary/aromatic N) is 3. The van der Waals surface area contributed by atoms with E-state index in [0.717, 1.165) is 16.8 Å². The number of fused-ring (bicyclic) bond motifs is 2. The SMILES string of the molecule is CNc1cc2ccn(CC3c4ncn3c4C)c(=O)c2cc1Cl. The van der Waals surface area contributed by atoms with Crippen molar-refractivity contribution in [3.8, 4) is 0 Å². The van der Waals surface area contributed by atoms with Crippen molar-refractivity contribution in [2.45, 2.75) is 19.5 Å². The van der Waals surface area contributed by atoms with Gasteiger partial charge in [-0.3, -0.25) is 4.79 Å². The molecule has 2 bridgehead atoms. The van der Waals surface area contributed by atoms with Gasteiger partial charge in [0, 0.05) is 24.3 Å². The Hall–Kier alpha value is -2.27. The van der Waals surface area contributed by atoms with Crippen molar-refractivity contribution in [3.05, 3.63) is 57.5 Å². The Morgan fingerprint density at radius 2 is 2.23 bits per heavy atom. The topological polar surface area (TPSA) is 51.9 Å². The Kier molecular flexibility index (Phi) is 2.81. The van der Waals surface area contributed by atoms with Crippen molar-refractivity contribution in [2.75, 3.05) is 12.4 Å². The number of halogens is 1. The van der Waals surface area contributed by atoms with Crippen molar-refractivity contribution >= 4 is 28.1 Å². The van der Waals surface area contributed by atoms with E-state index in [4.69, 9.17) is 11.6 Å². The van der Waals surface area contributed by atoms with E-state index in [0.29, 0.717) is 17.0 Å². The minimum atomic E-state index is -0.0205. The second kappa shape index (κ2) is 4.61. The molecule has 1 N–H and O–H groups in total. The van der Waals surface area contributed by atoms with Gasteiger partial charge in [0.05, 0.1) is 35.3 Å². The Bertz CT molecular complexity index is 935. The van der Waals surface area contributed by atoms with Crippen LogP contribution in [0.15, 0.2) is 35.5 Å². The first-order chi connectivity index (χ1) is 10.6. The fourth-order valence-corrected chi connectivity index (χ4v) is 3.40. The van der Waals surface area contributed by atoms with Crippen LogP contribution >= 0.6 is 11.6 Å². The molecule has 2 aliphatic heterocycles. The summed E-state index contributed by atoms with van der Waals surface area (Å²) in [6.45, 7) is 2.65. The Balaban J connectivity index is 1.76. The Labute approximate surface area is 132 Å². The molecule has 112 valence electrons. The molecule has 6 heteroatoms. The first kappa shape index (κ1) is 13.4. The van der Waals surface area contributed by atoms with Gasteiger partial charge in [-0.25, -0.2) is 4.98 Å². The zero-order valence-electron chi connectivity index (χ0n) is 12.3. The number of benzene rings is 1. The van der Waals surface area contributed by atoms with Crippen LogP contribution in [0.5, 0.6) is 0 Å². The zero-order chi connectivity index (χ0) is 15.4. The number of imidazole rings is 1. The van der Waals surface area contributed by atoms with E-state index in [1.807, 2.05) is 38.6 Å². The van der Waals surface area contributed by atoms with E-state index in [9.17, 15) is 4.79 Å². The third kappa shape index (κ3) is 1.72. The summed E-state index contributed by atoms with van der Waals surface area (Å²) in [5, 5.41) is 5.11. The lowest BCUT2D eigenvalue weighted by Crippen LogP contribution is -2.30. The minimum Gasteiger partial charge on any atom is -0.387 e. The lowest BCUT2D eigenvalue weighted by Gasteiger charge is -2.26. The summed E-state index contributed by atoms with van der Waals surface area (Å²) < 4.78 is 3.83. The van der Waals surface area contributed by atoms with E-state index in [1.54, 1.807) is 10.6 Å². The maximum absolute atomic E-state index is 12.7. The second-order valence-electron chi connectivity index (χ2n) is 5.58. The molecule has 2 aromatic heterocycles. The van der Waals surface area contributed by atoms with Gasteiger partial charge in [0.25, 0.3) is 5.56 Å². The van der Waals surface area contributed by atoms with Gasteiger partial charge < -0.3 is 14.5 Å². The molecule has 0 fully saturated rings. The van der Waals surface area contributed by atoms with Crippen LogP contribution < -0.4 is 10.9 Å². The first-order valence-electron chi connectivity index (χ1n) is 7.14. The van der Waals surface area contributed by atoms with Crippen LogP contribution in [0, 0.1) is 6.92 Å². The van der Waals surface area contributed by atoms with Crippen molar-refractivity contribution < 1.29 is 0 Å². The largest absolute Gasteiger partial charge is 0.387 e. The minimum absolute atomic E-state index is 0.0205. The molecule has 0 saturated carbocycles. The van der Waals surface area contributed by atoms with Gasteiger partial charge in [-0.2, -0.15) is 0 Å². The van der Waals surface area contributed by atoms with Gasteiger partial charge >= 0.3 is 0 Å². The Morgan fingerprint density at radius 3 is 2.86 bits per heavy atom. The molecule has 4 heterocycles. The van der Waals surface area contributed by atoms with E-state index >= 15 is 0 Å². The van der Waals surface area contributed by atoms with Crippen LogP contribution in [0.1, 0.15) is 17.4 Å². The molecule has 0 spiro atoms. The van der Waals surface area contributed by atoms with Crippen LogP contribution in [-0.2, 0) is 6.54 Å². The van der Waals surface area contributed by atoms with Crippen LogP contribution in [0.2, 0.25) is 5.02 Å². The molecular formula is C16H15ClN4O. The van der Waals surface area contributed by atoms with Crippen LogP contribution in [0.3, 0.4) is 0 Å². The first-order valence-corrected chi connectivity index (χ1v) is 7.51. The van der Waals surface area contributed by atoms with Gasteiger partial charge in [0.2, 0.25) is 0 Å². The molecule has 0 saturated heterocycles. The standard InChI is InChI=1S/C16H15ClN4O/c1-9-15-14(21(9)8-19-15)7-20-4-3-10-5-13(18-2)12(17)6-11(10)16(20)22/h3-6,8,14,18H,7H2,1-2H3. The van der Waals surface area contributed by atoms with Gasteiger partial charge in [0.15, 0.2) is 0 Å². The number of aromatic nitrogens is 3. The van der Waals surface area contributed by atoms with Gasteiger partial charge in [-0.05, 0) is 30.5 Å². The number of pyridine rings is 1. The van der Waals surface area contributed by atoms with Crippen molar-refractivity contribution in [3.63, 3.8) is 0 Å². The summed E-state index contributed by atoms with van der Waals surface area (Å²) in [7, 11) is 1.81. The molecule has 5 nitrogen and oxygen atoms in total. The molecule has 1 aromatic carbocycles. The quantitative estimate of drug-likeness (QED) is 0.809. The normalized spacial score (nSPS) is 15.9. The van der Waals surface area contributed by atoms with Crippen molar-refractivity contribution in [1.29, 1.82) is 0 Å². The summed E-state index contributed by atoms with van der Waals surface area (Å²) in [6.07, 6.45) is 3.67. The predicted octanol–water partition coefficient (Wildman–Crippen LogP) is 2.80. The lowest BCUT2D eigenvalue weighted by atomic mass is 10.1. The lowest BCUT2D eigenvalue weighted by molar-refractivity contribution is 0.441. The number of nitrogens with one attached hydrogen (secondary N) is 1. The second-order valence-corrected chi connectivity index (χ2v) is 5.99. The summed E-state index contributed by atoms with van der Waals surface area (Å²) in [5.41, 5.74) is 3.06. The number of aryl methyl sites for hydroxylation is 1. The van der Waals surface area contributed by atoms with E-state index < -0.39 is 0 Å². The molecule has 2 aliphatic rings. The van der Waals surface area contributed by atoms with Gasteiger partial charge in [-0.1, -0.05) is 11.6 Å². The monoisotopic (exact) mass is 314 g/mol. The average molecular weight is 315 g/mol. The number of hydrogen-bond acceptors (Lipinski definition) is 3. The highest BCUT2D eigenvalue weighted by atomic mass is 35.5. The molecule has 0 aliphatic carbocycles. The third-order valence-corrected chi connectivity index (χ3v) is 4.75. The molecule has 0 radical (unpaired) electrons. The fraction of sp³-hybridized carbons (Fsp3) is 0.250. The van der Waals surface area contributed by atoms with Crippen LogP contribution in [0.4, 0.5) is 5.69 Å².